The van der Waals surface area contributed by atoms with E-state index in [9.17, 15) is 9.18 Å². The molecule has 1 N–H and O–H groups in total. The van der Waals surface area contributed by atoms with Crippen molar-refractivity contribution in [1.29, 1.82) is 0 Å². The highest BCUT2D eigenvalue weighted by molar-refractivity contribution is 6.04. The van der Waals surface area contributed by atoms with E-state index in [2.05, 4.69) is 5.32 Å². The molecule has 0 bridgehead atoms. The van der Waals surface area contributed by atoms with Gasteiger partial charge in [0.15, 0.2) is 0 Å². The first-order chi connectivity index (χ1) is 13.7. The van der Waals surface area contributed by atoms with Crippen LogP contribution in [0.5, 0.6) is 5.75 Å². The van der Waals surface area contributed by atoms with Crippen LogP contribution in [0.1, 0.15) is 28.4 Å². The molecule has 0 saturated heterocycles. The summed E-state index contributed by atoms with van der Waals surface area (Å²) >= 11 is 0. The smallest absolute Gasteiger partial charge is 0.255 e. The lowest BCUT2D eigenvalue weighted by Gasteiger charge is -2.13. The van der Waals surface area contributed by atoms with Gasteiger partial charge in [0.05, 0.1) is 19.8 Å². The second-order valence-corrected chi connectivity index (χ2v) is 6.19. The maximum absolute atomic E-state index is 13.0. The lowest BCUT2D eigenvalue weighted by Crippen LogP contribution is -2.13. The third kappa shape index (κ3) is 5.41. The van der Waals surface area contributed by atoms with Crippen LogP contribution in [0.2, 0.25) is 0 Å². The Kier molecular flexibility index (Phi) is 6.76. The molecular formula is C23H22FNO3. The number of ether oxygens (including phenoxy) is 2. The minimum Gasteiger partial charge on any atom is -0.494 e. The van der Waals surface area contributed by atoms with Crippen molar-refractivity contribution in [3.8, 4) is 5.75 Å². The Morgan fingerprint density at radius 1 is 0.964 bits per heavy atom. The first-order valence-electron chi connectivity index (χ1n) is 9.10. The first-order valence-corrected chi connectivity index (χ1v) is 9.10. The predicted molar refractivity (Wildman–Crippen MR) is 107 cm³/mol. The molecule has 0 aliphatic carbocycles. The van der Waals surface area contributed by atoms with Crippen molar-refractivity contribution in [3.63, 3.8) is 0 Å². The fourth-order valence-electron chi connectivity index (χ4n) is 2.72. The van der Waals surface area contributed by atoms with E-state index >= 15 is 0 Å². The van der Waals surface area contributed by atoms with Gasteiger partial charge in [-0.05, 0) is 55.0 Å². The topological polar surface area (TPSA) is 47.6 Å². The van der Waals surface area contributed by atoms with Crippen LogP contribution in [0, 0.1) is 5.82 Å². The number of carbonyl (C=O) groups excluding carboxylic acids is 1. The summed E-state index contributed by atoms with van der Waals surface area (Å²) < 4.78 is 24.5. The third-order valence-corrected chi connectivity index (χ3v) is 4.09. The van der Waals surface area contributed by atoms with Gasteiger partial charge >= 0.3 is 0 Å². The lowest BCUT2D eigenvalue weighted by atomic mass is 10.1. The minimum atomic E-state index is -0.350. The highest BCUT2D eigenvalue weighted by atomic mass is 19.1. The molecule has 0 atom stereocenters. The maximum Gasteiger partial charge on any atom is 0.255 e. The molecular weight excluding hydrogens is 357 g/mol. The quantitative estimate of drug-likeness (QED) is 0.586. The molecule has 144 valence electrons. The van der Waals surface area contributed by atoms with Gasteiger partial charge in [0, 0.05) is 16.8 Å². The van der Waals surface area contributed by atoms with Crippen LogP contribution in [-0.2, 0) is 18.0 Å². The van der Waals surface area contributed by atoms with Crippen LogP contribution in [0.4, 0.5) is 10.1 Å². The highest BCUT2D eigenvalue weighted by Crippen LogP contribution is 2.23. The summed E-state index contributed by atoms with van der Waals surface area (Å²) in [7, 11) is 0. The predicted octanol–water partition coefficient (Wildman–Crippen LogP) is 5.19. The number of halogens is 1. The SMILES string of the molecule is CCOc1ccc(C(=O)Nc2ccc(F)cc2)cc1COCc1ccccc1. The van der Waals surface area contributed by atoms with Gasteiger partial charge in [-0.15, -0.1) is 0 Å². The summed E-state index contributed by atoms with van der Waals surface area (Å²) in [5.41, 5.74) is 2.88. The standard InChI is InChI=1S/C23H22FNO3/c1-2-28-22-13-8-18(23(26)25-21-11-9-20(24)10-12-21)14-19(22)16-27-15-17-6-4-3-5-7-17/h3-14H,2,15-16H2,1H3,(H,25,26). The number of anilines is 1. The fourth-order valence-corrected chi connectivity index (χ4v) is 2.72. The van der Waals surface area contributed by atoms with E-state index in [4.69, 9.17) is 9.47 Å². The second-order valence-electron chi connectivity index (χ2n) is 6.19. The molecule has 0 saturated carbocycles. The van der Waals surface area contributed by atoms with Crippen LogP contribution in [0.3, 0.4) is 0 Å². The summed E-state index contributed by atoms with van der Waals surface area (Å²) in [5.74, 6) is 0.0600. The van der Waals surface area contributed by atoms with E-state index in [1.54, 1.807) is 18.2 Å². The van der Waals surface area contributed by atoms with Crippen molar-refractivity contribution >= 4 is 11.6 Å². The molecule has 0 heterocycles. The maximum atomic E-state index is 13.0. The van der Waals surface area contributed by atoms with Gasteiger partial charge in [-0.1, -0.05) is 30.3 Å². The van der Waals surface area contributed by atoms with Gasteiger partial charge in [0.1, 0.15) is 11.6 Å². The Morgan fingerprint density at radius 3 is 2.43 bits per heavy atom. The van der Waals surface area contributed by atoms with Crippen molar-refractivity contribution in [2.75, 3.05) is 11.9 Å². The number of benzene rings is 3. The molecule has 0 aliphatic rings. The van der Waals surface area contributed by atoms with Crippen LogP contribution >= 0.6 is 0 Å². The van der Waals surface area contributed by atoms with Gasteiger partial charge in [0.25, 0.3) is 5.91 Å². The number of hydrogen-bond donors (Lipinski definition) is 1. The van der Waals surface area contributed by atoms with E-state index < -0.39 is 0 Å². The summed E-state index contributed by atoms with van der Waals surface area (Å²) in [6.45, 7) is 3.22. The number of carbonyl (C=O) groups is 1. The van der Waals surface area contributed by atoms with Crippen molar-refractivity contribution in [3.05, 3.63) is 95.3 Å². The zero-order chi connectivity index (χ0) is 19.8. The van der Waals surface area contributed by atoms with E-state index in [1.165, 1.54) is 24.3 Å². The second kappa shape index (κ2) is 9.67. The molecule has 1 amide bonds. The van der Waals surface area contributed by atoms with Crippen molar-refractivity contribution in [2.45, 2.75) is 20.1 Å². The minimum absolute atomic E-state index is 0.279. The van der Waals surface area contributed by atoms with Crippen LogP contribution in [0.15, 0.2) is 72.8 Å². The average Bonchev–Trinajstić information content (AvgIpc) is 2.72. The Labute approximate surface area is 163 Å². The van der Waals surface area contributed by atoms with Crippen LogP contribution in [-0.4, -0.2) is 12.5 Å². The van der Waals surface area contributed by atoms with Gasteiger partial charge in [-0.2, -0.15) is 0 Å². The summed E-state index contributed by atoms with van der Waals surface area (Å²) in [6.07, 6.45) is 0. The van der Waals surface area contributed by atoms with E-state index in [-0.39, 0.29) is 11.7 Å². The summed E-state index contributed by atoms with van der Waals surface area (Å²) in [4.78, 5) is 12.5. The molecule has 3 aromatic rings. The summed E-state index contributed by atoms with van der Waals surface area (Å²) in [6, 6.07) is 20.7. The Bertz CT molecular complexity index is 911. The van der Waals surface area contributed by atoms with Gasteiger partial charge < -0.3 is 14.8 Å². The average molecular weight is 379 g/mol. The molecule has 3 aromatic carbocycles. The summed E-state index contributed by atoms with van der Waals surface area (Å²) in [5, 5.41) is 2.76. The highest BCUT2D eigenvalue weighted by Gasteiger charge is 2.11. The number of rotatable bonds is 8. The van der Waals surface area contributed by atoms with Crippen molar-refractivity contribution in [2.24, 2.45) is 0 Å². The van der Waals surface area contributed by atoms with Gasteiger partial charge in [0.2, 0.25) is 0 Å². The first kappa shape index (κ1) is 19.6. The molecule has 0 spiro atoms. The van der Waals surface area contributed by atoms with Gasteiger partial charge in [-0.3, -0.25) is 4.79 Å². The molecule has 28 heavy (non-hydrogen) atoms. The molecule has 0 fully saturated rings. The van der Waals surface area contributed by atoms with E-state index in [0.717, 1.165) is 11.1 Å². The Morgan fingerprint density at radius 2 is 1.71 bits per heavy atom. The number of hydrogen-bond acceptors (Lipinski definition) is 3. The molecule has 0 radical (unpaired) electrons. The Hall–Kier alpha value is -3.18. The largest absolute Gasteiger partial charge is 0.494 e. The molecule has 3 rings (SSSR count). The third-order valence-electron chi connectivity index (χ3n) is 4.09. The lowest BCUT2D eigenvalue weighted by molar-refractivity contribution is 0.101. The Balaban J connectivity index is 1.70. The van der Waals surface area contributed by atoms with Crippen LogP contribution < -0.4 is 10.1 Å². The zero-order valence-corrected chi connectivity index (χ0v) is 15.7. The monoisotopic (exact) mass is 379 g/mol. The van der Waals surface area contributed by atoms with Gasteiger partial charge in [-0.25, -0.2) is 4.39 Å². The number of nitrogens with one attached hydrogen (secondary N) is 1. The molecule has 5 heteroatoms. The normalized spacial score (nSPS) is 10.5. The molecule has 0 unspecified atom stereocenters. The van der Waals surface area contributed by atoms with E-state index in [0.29, 0.717) is 36.8 Å². The van der Waals surface area contributed by atoms with E-state index in [1.807, 2.05) is 37.3 Å². The van der Waals surface area contributed by atoms with Crippen molar-refractivity contribution < 1.29 is 18.7 Å². The molecule has 0 aromatic heterocycles. The van der Waals surface area contributed by atoms with Crippen LogP contribution in [0.25, 0.3) is 0 Å². The van der Waals surface area contributed by atoms with Crippen molar-refractivity contribution in [1.82, 2.24) is 0 Å². The number of amides is 1. The molecule has 4 nitrogen and oxygen atoms in total. The zero-order valence-electron chi connectivity index (χ0n) is 15.7. The molecule has 0 aliphatic heterocycles. The fraction of sp³-hybridized carbons (Fsp3) is 0.174.